The molecule has 44 valence electrons. The first kappa shape index (κ1) is 5.50. The summed E-state index contributed by atoms with van der Waals surface area (Å²) in [6.07, 6.45) is 3.03. The number of nitrogens with one attached hydrogen (secondary N) is 1. The number of hydrogen-bond acceptors (Lipinski definition) is 3. The molecule has 0 radical (unpaired) electrons. The average Bonchev–Trinajstić information content (AvgIpc) is 1.77. The molecular weight excluding hydrogens is 124 g/mol. The molecule has 3 nitrogen and oxygen atoms in total. The predicted octanol–water partition coefficient (Wildman–Crippen LogP) is -0.266. The Morgan fingerprint density at radius 2 is 2.62 bits per heavy atom. The first-order valence-electron chi connectivity index (χ1n) is 2.21. The van der Waals surface area contributed by atoms with Crippen LogP contribution in [0.4, 0.5) is 0 Å². The minimum absolute atomic E-state index is 0.0768. The third kappa shape index (κ3) is 0.949. The molecule has 0 atom stereocenters. The Balaban J connectivity index is 2.60. The minimum Gasteiger partial charge on any atom is -0.373 e. The molecule has 0 saturated carbocycles. The van der Waals surface area contributed by atoms with Gasteiger partial charge in [0.05, 0.1) is 0 Å². The van der Waals surface area contributed by atoms with Crippen LogP contribution in [0.3, 0.4) is 0 Å². The fraction of sp³-hybridized carbons (Fsp3) is 0.250. The van der Waals surface area contributed by atoms with E-state index in [9.17, 15) is 4.79 Å². The highest BCUT2D eigenvalue weighted by Gasteiger charge is 2.06. The first-order valence-corrected chi connectivity index (χ1v) is 2.61. The molecule has 1 heterocycles. The van der Waals surface area contributed by atoms with E-state index in [1.54, 1.807) is 6.20 Å². The fourth-order valence-electron chi connectivity index (χ4n) is 0.433. The van der Waals surface area contributed by atoms with Crippen molar-refractivity contribution in [3.05, 3.63) is 12.3 Å². The maximum absolute atomic E-state index is 10.5. The van der Waals surface area contributed by atoms with Gasteiger partial charge in [0.25, 0.3) is 5.91 Å². The van der Waals surface area contributed by atoms with Crippen molar-refractivity contribution >= 4 is 18.7 Å². The van der Waals surface area contributed by atoms with Gasteiger partial charge in [-0.25, -0.2) is 0 Å². The van der Waals surface area contributed by atoms with E-state index in [1.807, 2.05) is 0 Å². The lowest BCUT2D eigenvalue weighted by Gasteiger charge is -2.16. The van der Waals surface area contributed by atoms with Crippen LogP contribution in [-0.4, -0.2) is 16.9 Å². The smallest absolute Gasteiger partial charge is 0.259 e. The number of nitrogens with zero attached hydrogens (tertiary/aromatic N) is 1. The third-order valence-corrected chi connectivity index (χ3v) is 1.18. The molecule has 0 aromatic rings. The average molecular weight is 130 g/mol. The molecule has 0 fully saturated rings. The van der Waals surface area contributed by atoms with Gasteiger partial charge in [-0.05, 0) is 0 Å². The standard InChI is InChI=1S/C4H6N2OS/c7-4-1-2-5-3-6(4)8/h1-2,5,8H,3H2. The normalized spacial score (nSPS) is 18.6. The summed E-state index contributed by atoms with van der Waals surface area (Å²) in [4.78, 5) is 10.5. The van der Waals surface area contributed by atoms with Crippen molar-refractivity contribution in [3.8, 4) is 0 Å². The van der Waals surface area contributed by atoms with Crippen LogP contribution >= 0.6 is 12.8 Å². The van der Waals surface area contributed by atoms with Crippen molar-refractivity contribution in [3.63, 3.8) is 0 Å². The molecule has 1 rings (SSSR count). The van der Waals surface area contributed by atoms with E-state index in [1.165, 1.54) is 10.4 Å². The topological polar surface area (TPSA) is 32.3 Å². The predicted molar refractivity (Wildman–Crippen MR) is 33.0 cm³/mol. The van der Waals surface area contributed by atoms with Crippen LogP contribution in [0, 0.1) is 0 Å². The first-order chi connectivity index (χ1) is 3.80. The SMILES string of the molecule is O=C1C=CNCN1S. The van der Waals surface area contributed by atoms with Crippen molar-refractivity contribution in [1.82, 2.24) is 9.62 Å². The summed E-state index contributed by atoms with van der Waals surface area (Å²) in [6.45, 7) is 0.485. The molecule has 4 heteroatoms. The Kier molecular flexibility index (Phi) is 1.43. The van der Waals surface area contributed by atoms with Gasteiger partial charge in [-0.15, -0.1) is 0 Å². The lowest BCUT2D eigenvalue weighted by atomic mass is 10.5. The van der Waals surface area contributed by atoms with E-state index in [2.05, 4.69) is 18.1 Å². The number of carbonyl (C=O) groups is 1. The second kappa shape index (κ2) is 2.09. The summed E-state index contributed by atoms with van der Waals surface area (Å²) in [5.74, 6) is -0.0768. The van der Waals surface area contributed by atoms with Crippen LogP contribution in [0.1, 0.15) is 0 Å². The Morgan fingerprint density at radius 1 is 1.88 bits per heavy atom. The summed E-state index contributed by atoms with van der Waals surface area (Å²) >= 11 is 3.83. The van der Waals surface area contributed by atoms with E-state index >= 15 is 0 Å². The Bertz CT molecular complexity index is 134. The molecule has 1 amide bonds. The highest BCUT2D eigenvalue weighted by Crippen LogP contribution is 1.96. The third-order valence-electron chi connectivity index (χ3n) is 0.839. The van der Waals surface area contributed by atoms with E-state index in [0.717, 1.165) is 0 Å². The second-order valence-electron chi connectivity index (χ2n) is 1.43. The number of hydrogen-bond donors (Lipinski definition) is 2. The van der Waals surface area contributed by atoms with Crippen LogP contribution in [-0.2, 0) is 4.79 Å². The van der Waals surface area contributed by atoms with E-state index in [0.29, 0.717) is 6.67 Å². The van der Waals surface area contributed by atoms with Crippen LogP contribution < -0.4 is 5.32 Å². The highest BCUT2D eigenvalue weighted by atomic mass is 32.1. The number of carbonyl (C=O) groups excluding carboxylic acids is 1. The molecule has 8 heavy (non-hydrogen) atoms. The van der Waals surface area contributed by atoms with Crippen LogP contribution in [0.25, 0.3) is 0 Å². The maximum atomic E-state index is 10.5. The van der Waals surface area contributed by atoms with Crippen molar-refractivity contribution in [2.45, 2.75) is 0 Å². The van der Waals surface area contributed by atoms with E-state index < -0.39 is 0 Å². The van der Waals surface area contributed by atoms with Gasteiger partial charge < -0.3 is 5.32 Å². The molecule has 1 aliphatic rings. The molecule has 0 unspecified atom stereocenters. The van der Waals surface area contributed by atoms with Crippen molar-refractivity contribution < 1.29 is 4.79 Å². The highest BCUT2D eigenvalue weighted by molar-refractivity contribution is 7.78. The van der Waals surface area contributed by atoms with Crippen LogP contribution in [0.15, 0.2) is 12.3 Å². The van der Waals surface area contributed by atoms with Gasteiger partial charge in [-0.2, -0.15) is 0 Å². The molecule has 0 aromatic heterocycles. The Labute approximate surface area is 52.9 Å². The van der Waals surface area contributed by atoms with Crippen molar-refractivity contribution in [1.29, 1.82) is 0 Å². The molecule has 0 aliphatic carbocycles. The minimum atomic E-state index is -0.0768. The van der Waals surface area contributed by atoms with Gasteiger partial charge in [-0.1, -0.05) is 12.8 Å². The summed E-state index contributed by atoms with van der Waals surface area (Å²) in [5.41, 5.74) is 0. The molecular formula is C4H6N2OS. The van der Waals surface area contributed by atoms with Crippen LogP contribution in [0.5, 0.6) is 0 Å². The van der Waals surface area contributed by atoms with E-state index in [4.69, 9.17) is 0 Å². The number of amides is 1. The van der Waals surface area contributed by atoms with Gasteiger partial charge in [-0.3, -0.25) is 9.10 Å². The molecule has 1 N–H and O–H groups in total. The lowest BCUT2D eigenvalue weighted by molar-refractivity contribution is -0.121. The Morgan fingerprint density at radius 3 is 3.00 bits per heavy atom. The molecule has 0 aromatic carbocycles. The van der Waals surface area contributed by atoms with Crippen molar-refractivity contribution in [2.75, 3.05) is 6.67 Å². The second-order valence-corrected chi connectivity index (χ2v) is 1.92. The lowest BCUT2D eigenvalue weighted by Crippen LogP contribution is -2.32. The van der Waals surface area contributed by atoms with Gasteiger partial charge in [0, 0.05) is 12.3 Å². The summed E-state index contributed by atoms with van der Waals surface area (Å²) in [5, 5.41) is 2.81. The Hall–Kier alpha value is -0.640. The maximum Gasteiger partial charge on any atom is 0.259 e. The monoisotopic (exact) mass is 130 g/mol. The quantitative estimate of drug-likeness (QED) is 0.443. The molecule has 0 spiro atoms. The zero-order valence-electron chi connectivity index (χ0n) is 4.16. The number of thiol groups is 1. The molecule has 0 bridgehead atoms. The number of rotatable bonds is 0. The summed E-state index contributed by atoms with van der Waals surface area (Å²) in [6, 6.07) is 0. The van der Waals surface area contributed by atoms with Gasteiger partial charge in [0.1, 0.15) is 6.67 Å². The summed E-state index contributed by atoms with van der Waals surface area (Å²) < 4.78 is 1.29. The molecule has 1 aliphatic heterocycles. The molecule has 0 saturated heterocycles. The van der Waals surface area contributed by atoms with Gasteiger partial charge in [0.15, 0.2) is 0 Å². The zero-order valence-corrected chi connectivity index (χ0v) is 5.06. The van der Waals surface area contributed by atoms with Crippen LogP contribution in [0.2, 0.25) is 0 Å². The fourth-order valence-corrected chi connectivity index (χ4v) is 0.582. The zero-order chi connectivity index (χ0) is 5.98. The van der Waals surface area contributed by atoms with Gasteiger partial charge in [0.2, 0.25) is 0 Å². The van der Waals surface area contributed by atoms with E-state index in [-0.39, 0.29) is 5.91 Å². The summed E-state index contributed by atoms with van der Waals surface area (Å²) in [7, 11) is 0. The largest absolute Gasteiger partial charge is 0.373 e. The van der Waals surface area contributed by atoms with Crippen molar-refractivity contribution in [2.24, 2.45) is 0 Å². The van der Waals surface area contributed by atoms with Gasteiger partial charge >= 0.3 is 0 Å².